The van der Waals surface area contributed by atoms with E-state index in [9.17, 15) is 14.7 Å². The van der Waals surface area contributed by atoms with Gasteiger partial charge in [-0.15, -0.1) is 0 Å². The fraction of sp³-hybridized carbons (Fsp3) is 0.348. The third-order valence-electron chi connectivity index (χ3n) is 5.54. The zero-order chi connectivity index (χ0) is 20.8. The van der Waals surface area contributed by atoms with Crippen LogP contribution < -0.4 is 4.90 Å². The number of aliphatic hydroxyl groups excluding tert-OH is 1. The molecule has 1 aliphatic rings. The van der Waals surface area contributed by atoms with Crippen LogP contribution in [0.3, 0.4) is 0 Å². The number of likely N-dealkylation sites (tertiary alicyclic amines) is 1. The van der Waals surface area contributed by atoms with E-state index in [0.29, 0.717) is 12.1 Å². The van der Waals surface area contributed by atoms with Gasteiger partial charge in [0.15, 0.2) is 0 Å². The standard InChI is InChI=1S/C23H27N3O3/c1-3-25(4-2)15-8-16-26-20(17-11-13-24-14-12-17)19(22(28)23(26)29)21(27)18-9-6-5-7-10-18/h5-7,9-14,20,27H,3-4,8,15-16H2,1-2H3/p+1/b21-19+/t20-/m1/s1. The molecule has 1 fully saturated rings. The first-order chi connectivity index (χ1) is 14.1. The van der Waals surface area contributed by atoms with Crippen molar-refractivity contribution in [3.63, 3.8) is 0 Å². The molecule has 1 aliphatic heterocycles. The lowest BCUT2D eigenvalue weighted by Gasteiger charge is -2.26. The summed E-state index contributed by atoms with van der Waals surface area (Å²) in [6.07, 6.45) is 4.06. The van der Waals surface area contributed by atoms with Gasteiger partial charge in [-0.05, 0) is 31.5 Å². The largest absolute Gasteiger partial charge is 0.507 e. The highest BCUT2D eigenvalue weighted by molar-refractivity contribution is 6.46. The van der Waals surface area contributed by atoms with Crippen molar-refractivity contribution in [1.29, 1.82) is 0 Å². The van der Waals surface area contributed by atoms with Crippen LogP contribution in [0.4, 0.5) is 0 Å². The predicted molar refractivity (Wildman–Crippen MR) is 111 cm³/mol. The van der Waals surface area contributed by atoms with E-state index in [1.807, 2.05) is 6.07 Å². The number of quaternary nitrogens is 1. The maximum Gasteiger partial charge on any atom is 0.295 e. The fourth-order valence-electron chi connectivity index (χ4n) is 3.86. The number of carbonyl (C=O) groups excluding carboxylic acids is 2. The summed E-state index contributed by atoms with van der Waals surface area (Å²) in [6, 6.07) is 11.9. The minimum Gasteiger partial charge on any atom is -0.507 e. The normalized spacial score (nSPS) is 18.6. The number of nitrogens with zero attached hydrogens (tertiary/aromatic N) is 2. The van der Waals surface area contributed by atoms with Crippen LogP contribution in [0.2, 0.25) is 0 Å². The Kier molecular flexibility index (Phi) is 6.77. The molecule has 1 amide bonds. The number of rotatable bonds is 8. The average Bonchev–Trinajstić information content (AvgIpc) is 3.02. The molecule has 0 saturated carbocycles. The molecule has 2 aromatic rings. The number of hydrogen-bond acceptors (Lipinski definition) is 4. The second kappa shape index (κ2) is 9.47. The number of benzene rings is 1. The maximum absolute atomic E-state index is 12.9. The third-order valence-corrected chi connectivity index (χ3v) is 5.54. The second-order valence-electron chi connectivity index (χ2n) is 7.20. The summed E-state index contributed by atoms with van der Waals surface area (Å²) in [5.74, 6) is -1.33. The minimum atomic E-state index is -0.636. The van der Waals surface area contributed by atoms with Crippen molar-refractivity contribution in [3.05, 3.63) is 71.6 Å². The zero-order valence-corrected chi connectivity index (χ0v) is 17.0. The molecule has 0 spiro atoms. The molecule has 1 aromatic heterocycles. The molecule has 2 N–H and O–H groups in total. The van der Waals surface area contributed by atoms with Crippen molar-refractivity contribution in [2.45, 2.75) is 26.3 Å². The Balaban J connectivity index is 1.98. The highest BCUT2D eigenvalue weighted by Gasteiger charge is 2.45. The molecule has 0 radical (unpaired) electrons. The topological polar surface area (TPSA) is 74.9 Å². The molecule has 6 nitrogen and oxygen atoms in total. The Labute approximate surface area is 171 Å². The second-order valence-corrected chi connectivity index (χ2v) is 7.20. The summed E-state index contributed by atoms with van der Waals surface area (Å²) < 4.78 is 0. The van der Waals surface area contributed by atoms with Gasteiger partial charge in [-0.25, -0.2) is 0 Å². The molecule has 0 unspecified atom stereocenters. The van der Waals surface area contributed by atoms with E-state index in [1.54, 1.807) is 53.7 Å². The molecular weight excluding hydrogens is 366 g/mol. The van der Waals surface area contributed by atoms with Gasteiger partial charge in [0, 0.05) is 30.9 Å². The number of nitrogens with one attached hydrogen (secondary N) is 1. The number of Topliss-reactive ketones (excluding diaryl/α,β-unsaturated/α-hetero) is 1. The van der Waals surface area contributed by atoms with Gasteiger partial charge in [0.25, 0.3) is 11.7 Å². The first kappa shape index (κ1) is 20.7. The first-order valence-corrected chi connectivity index (χ1v) is 10.2. The van der Waals surface area contributed by atoms with E-state index in [-0.39, 0.29) is 11.3 Å². The summed E-state index contributed by atoms with van der Waals surface area (Å²) in [7, 11) is 0. The van der Waals surface area contributed by atoms with Gasteiger partial charge in [0.05, 0.1) is 31.2 Å². The number of carbonyl (C=O) groups is 2. The van der Waals surface area contributed by atoms with Gasteiger partial charge in [-0.2, -0.15) is 0 Å². The zero-order valence-electron chi connectivity index (χ0n) is 17.0. The van der Waals surface area contributed by atoms with E-state index in [0.717, 1.165) is 31.6 Å². The summed E-state index contributed by atoms with van der Waals surface area (Å²) in [6.45, 7) is 7.72. The number of pyridine rings is 1. The molecule has 6 heteroatoms. The van der Waals surface area contributed by atoms with Crippen LogP contribution >= 0.6 is 0 Å². The van der Waals surface area contributed by atoms with Crippen molar-refractivity contribution in [3.8, 4) is 0 Å². The SMILES string of the molecule is CC[NH+](CC)CCCN1C(=O)C(=O)/C(=C(/O)c2ccccc2)[C@H]1c1ccncc1. The number of ketones is 1. The molecule has 1 saturated heterocycles. The monoisotopic (exact) mass is 394 g/mol. The van der Waals surface area contributed by atoms with E-state index in [2.05, 4.69) is 18.8 Å². The lowest BCUT2D eigenvalue weighted by atomic mass is 9.96. The van der Waals surface area contributed by atoms with Crippen LogP contribution in [0.1, 0.15) is 37.4 Å². The molecule has 0 bridgehead atoms. The highest BCUT2D eigenvalue weighted by Crippen LogP contribution is 2.39. The van der Waals surface area contributed by atoms with E-state index in [1.165, 1.54) is 4.90 Å². The van der Waals surface area contributed by atoms with E-state index < -0.39 is 17.7 Å². The van der Waals surface area contributed by atoms with Crippen LogP contribution in [0.15, 0.2) is 60.4 Å². The van der Waals surface area contributed by atoms with Crippen LogP contribution in [0, 0.1) is 0 Å². The van der Waals surface area contributed by atoms with Crippen LogP contribution in [-0.2, 0) is 9.59 Å². The van der Waals surface area contributed by atoms with E-state index in [4.69, 9.17) is 0 Å². The minimum absolute atomic E-state index is 0.136. The molecule has 1 atom stereocenters. The van der Waals surface area contributed by atoms with Crippen LogP contribution in [-0.4, -0.2) is 52.9 Å². The Morgan fingerprint density at radius 3 is 2.34 bits per heavy atom. The Morgan fingerprint density at radius 2 is 1.72 bits per heavy atom. The van der Waals surface area contributed by atoms with E-state index >= 15 is 0 Å². The van der Waals surface area contributed by atoms with Crippen molar-refractivity contribution < 1.29 is 19.6 Å². The predicted octanol–water partition coefficient (Wildman–Crippen LogP) is 1.82. The Morgan fingerprint density at radius 1 is 1.07 bits per heavy atom. The van der Waals surface area contributed by atoms with Crippen molar-refractivity contribution in [1.82, 2.24) is 9.88 Å². The quantitative estimate of drug-likeness (QED) is 0.407. The molecule has 29 heavy (non-hydrogen) atoms. The highest BCUT2D eigenvalue weighted by atomic mass is 16.3. The molecule has 0 aliphatic carbocycles. The fourth-order valence-corrected chi connectivity index (χ4v) is 3.86. The van der Waals surface area contributed by atoms with Gasteiger partial charge < -0.3 is 14.9 Å². The molecule has 2 heterocycles. The molecule has 152 valence electrons. The van der Waals surface area contributed by atoms with Crippen molar-refractivity contribution in [2.75, 3.05) is 26.2 Å². The number of aliphatic hydroxyl groups is 1. The number of amides is 1. The number of hydrogen-bond donors (Lipinski definition) is 2. The first-order valence-electron chi connectivity index (χ1n) is 10.2. The molecule has 3 rings (SSSR count). The average molecular weight is 394 g/mol. The van der Waals surface area contributed by atoms with Gasteiger partial charge >= 0.3 is 0 Å². The van der Waals surface area contributed by atoms with Crippen molar-refractivity contribution >= 4 is 17.4 Å². The summed E-state index contributed by atoms with van der Waals surface area (Å²) >= 11 is 0. The maximum atomic E-state index is 12.9. The van der Waals surface area contributed by atoms with Gasteiger partial charge in [-0.1, -0.05) is 30.3 Å². The lowest BCUT2D eigenvalue weighted by molar-refractivity contribution is -0.896. The lowest BCUT2D eigenvalue weighted by Crippen LogP contribution is -3.11. The summed E-state index contributed by atoms with van der Waals surface area (Å²) in [5, 5.41) is 10.9. The van der Waals surface area contributed by atoms with Gasteiger partial charge in [-0.3, -0.25) is 14.6 Å². The van der Waals surface area contributed by atoms with Gasteiger partial charge in [0.1, 0.15) is 5.76 Å². The Bertz CT molecular complexity index is 877. The van der Waals surface area contributed by atoms with Gasteiger partial charge in [0.2, 0.25) is 0 Å². The van der Waals surface area contributed by atoms with Crippen molar-refractivity contribution in [2.24, 2.45) is 0 Å². The summed E-state index contributed by atoms with van der Waals surface area (Å²) in [4.78, 5) is 32.8. The smallest absolute Gasteiger partial charge is 0.295 e. The Hall–Kier alpha value is -2.99. The molecular formula is C23H28N3O3+. The molecule has 1 aromatic carbocycles. The van der Waals surface area contributed by atoms with Crippen LogP contribution in [0.5, 0.6) is 0 Å². The van der Waals surface area contributed by atoms with Crippen LogP contribution in [0.25, 0.3) is 5.76 Å². The number of aromatic nitrogens is 1. The summed E-state index contributed by atoms with van der Waals surface area (Å²) in [5.41, 5.74) is 1.44. The third kappa shape index (κ3) is 4.38.